The third-order valence-electron chi connectivity index (χ3n) is 1.89. The molecular formula is C10H6N4O4. The van der Waals surface area contributed by atoms with Crippen molar-refractivity contribution in [3.8, 4) is 0 Å². The van der Waals surface area contributed by atoms with Gasteiger partial charge in [-0.3, -0.25) is 14.9 Å². The Kier molecular flexibility index (Phi) is 3.19. The number of carbonyl (C=O) groups is 1. The highest BCUT2D eigenvalue weighted by Crippen LogP contribution is 2.13. The van der Waals surface area contributed by atoms with Crippen LogP contribution in [0.1, 0.15) is 16.2 Å². The maximum absolute atomic E-state index is 11.5. The zero-order valence-electron chi connectivity index (χ0n) is 8.89. The molecular weight excluding hydrogens is 240 g/mol. The third-order valence-corrected chi connectivity index (χ3v) is 1.89. The molecule has 0 bridgehead atoms. The van der Waals surface area contributed by atoms with E-state index in [0.717, 1.165) is 6.21 Å². The number of aromatic nitrogens is 2. The van der Waals surface area contributed by atoms with Crippen molar-refractivity contribution in [3.63, 3.8) is 0 Å². The first kappa shape index (κ1) is 11.6. The van der Waals surface area contributed by atoms with Crippen LogP contribution in [-0.2, 0) is 0 Å². The topological polar surface area (TPSA) is 111 Å². The fraction of sp³-hybridized carbons (Fsp3) is 0. The van der Waals surface area contributed by atoms with Crippen molar-refractivity contribution in [2.24, 2.45) is 4.99 Å². The first-order valence-corrected chi connectivity index (χ1v) is 4.77. The van der Waals surface area contributed by atoms with Crippen LogP contribution in [-0.4, -0.2) is 27.2 Å². The Balaban J connectivity index is 2.11. The van der Waals surface area contributed by atoms with Gasteiger partial charge in [-0.05, 0) is 18.2 Å². The fourth-order valence-electron chi connectivity index (χ4n) is 1.11. The Morgan fingerprint density at radius 2 is 2.28 bits per heavy atom. The summed E-state index contributed by atoms with van der Waals surface area (Å²) in [5, 5.41) is 17.5. The van der Waals surface area contributed by atoms with Crippen LogP contribution >= 0.6 is 0 Å². The van der Waals surface area contributed by atoms with E-state index in [-0.39, 0.29) is 11.5 Å². The minimum Gasteiger partial charge on any atom is -0.400 e. The van der Waals surface area contributed by atoms with E-state index in [1.165, 1.54) is 24.4 Å². The van der Waals surface area contributed by atoms with Crippen LogP contribution in [0.4, 0.5) is 5.88 Å². The highest BCUT2D eigenvalue weighted by Gasteiger charge is 2.11. The Bertz CT molecular complexity index is 605. The maximum Gasteiger partial charge on any atom is 0.433 e. The number of nitro groups is 1. The number of aliphatic imine (C=N–C) groups is 1. The van der Waals surface area contributed by atoms with Gasteiger partial charge < -0.3 is 4.42 Å². The fourth-order valence-corrected chi connectivity index (χ4v) is 1.11. The first-order valence-electron chi connectivity index (χ1n) is 4.77. The van der Waals surface area contributed by atoms with Crippen LogP contribution in [0.5, 0.6) is 0 Å². The largest absolute Gasteiger partial charge is 0.433 e. The monoisotopic (exact) mass is 246 g/mol. The molecule has 8 nitrogen and oxygen atoms in total. The van der Waals surface area contributed by atoms with Crippen molar-refractivity contribution in [2.45, 2.75) is 0 Å². The van der Waals surface area contributed by atoms with Crippen molar-refractivity contribution < 1.29 is 14.1 Å². The molecule has 0 spiro atoms. The number of amides is 1. The van der Waals surface area contributed by atoms with Crippen molar-refractivity contribution in [2.75, 3.05) is 0 Å². The minimum absolute atomic E-state index is 0.0785. The van der Waals surface area contributed by atoms with Crippen LogP contribution in [0.15, 0.2) is 39.9 Å². The molecule has 2 heterocycles. The van der Waals surface area contributed by atoms with Gasteiger partial charge in [0.15, 0.2) is 11.5 Å². The SMILES string of the molecule is O=C(N=Cc1ccc([N+](=O)[O-])o1)c1cccnn1. The van der Waals surface area contributed by atoms with E-state index in [9.17, 15) is 14.9 Å². The predicted molar refractivity (Wildman–Crippen MR) is 59.3 cm³/mol. The average molecular weight is 246 g/mol. The Hall–Kier alpha value is -2.90. The standard InChI is InChI=1S/C10H6N4O4/c15-10(8-2-1-5-12-13-8)11-6-7-3-4-9(18-7)14(16)17/h1-6H. The molecule has 0 aliphatic rings. The van der Waals surface area contributed by atoms with Gasteiger partial charge in [-0.1, -0.05) is 0 Å². The molecule has 0 fully saturated rings. The molecule has 2 rings (SSSR count). The molecule has 18 heavy (non-hydrogen) atoms. The summed E-state index contributed by atoms with van der Waals surface area (Å²) in [7, 11) is 0. The van der Waals surface area contributed by atoms with E-state index in [1.807, 2.05) is 0 Å². The smallest absolute Gasteiger partial charge is 0.400 e. The summed E-state index contributed by atoms with van der Waals surface area (Å²) in [6.45, 7) is 0. The zero-order chi connectivity index (χ0) is 13.0. The van der Waals surface area contributed by atoms with Crippen molar-refractivity contribution in [1.29, 1.82) is 0 Å². The van der Waals surface area contributed by atoms with Gasteiger partial charge in [0.25, 0.3) is 5.91 Å². The van der Waals surface area contributed by atoms with E-state index in [4.69, 9.17) is 4.42 Å². The molecule has 0 aromatic carbocycles. The number of rotatable bonds is 3. The van der Waals surface area contributed by atoms with E-state index in [1.54, 1.807) is 6.07 Å². The number of hydrogen-bond acceptors (Lipinski definition) is 6. The average Bonchev–Trinajstić information content (AvgIpc) is 2.86. The van der Waals surface area contributed by atoms with Gasteiger partial charge >= 0.3 is 5.88 Å². The zero-order valence-corrected chi connectivity index (χ0v) is 8.89. The molecule has 0 atom stereocenters. The normalized spacial score (nSPS) is 10.7. The first-order chi connectivity index (χ1) is 8.66. The highest BCUT2D eigenvalue weighted by molar-refractivity contribution is 5.99. The summed E-state index contributed by atoms with van der Waals surface area (Å²) in [4.78, 5) is 24.7. The molecule has 0 saturated carbocycles. The lowest BCUT2D eigenvalue weighted by Crippen LogP contribution is -2.00. The summed E-state index contributed by atoms with van der Waals surface area (Å²) >= 11 is 0. The van der Waals surface area contributed by atoms with E-state index >= 15 is 0 Å². The molecule has 90 valence electrons. The lowest BCUT2D eigenvalue weighted by molar-refractivity contribution is -0.402. The van der Waals surface area contributed by atoms with Gasteiger partial charge in [0.2, 0.25) is 0 Å². The summed E-state index contributed by atoms with van der Waals surface area (Å²) < 4.78 is 4.79. The van der Waals surface area contributed by atoms with Gasteiger partial charge in [0.1, 0.15) is 4.92 Å². The second-order valence-corrected chi connectivity index (χ2v) is 3.11. The molecule has 2 aromatic heterocycles. The van der Waals surface area contributed by atoms with Gasteiger partial charge in [-0.25, -0.2) is 4.99 Å². The number of hydrogen-bond donors (Lipinski definition) is 0. The van der Waals surface area contributed by atoms with Crippen LogP contribution in [0.3, 0.4) is 0 Å². The number of nitrogens with zero attached hydrogens (tertiary/aromatic N) is 4. The van der Waals surface area contributed by atoms with Gasteiger partial charge in [0.05, 0.1) is 12.3 Å². The lowest BCUT2D eigenvalue weighted by Gasteiger charge is -1.90. The molecule has 0 aliphatic carbocycles. The molecule has 0 aliphatic heterocycles. The molecule has 8 heteroatoms. The second-order valence-electron chi connectivity index (χ2n) is 3.11. The van der Waals surface area contributed by atoms with Crippen molar-refractivity contribution in [1.82, 2.24) is 10.2 Å². The van der Waals surface area contributed by atoms with Crippen LogP contribution in [0.2, 0.25) is 0 Å². The van der Waals surface area contributed by atoms with E-state index in [0.29, 0.717) is 0 Å². The van der Waals surface area contributed by atoms with Crippen molar-refractivity contribution in [3.05, 3.63) is 52.0 Å². The molecule has 0 N–H and O–H groups in total. The van der Waals surface area contributed by atoms with E-state index < -0.39 is 16.7 Å². The van der Waals surface area contributed by atoms with Crippen molar-refractivity contribution >= 4 is 18.0 Å². The Morgan fingerprint density at radius 3 is 2.89 bits per heavy atom. The quantitative estimate of drug-likeness (QED) is 0.457. The summed E-state index contributed by atoms with van der Waals surface area (Å²) in [5.74, 6) is -0.913. The highest BCUT2D eigenvalue weighted by atomic mass is 16.6. The molecule has 2 aromatic rings. The second kappa shape index (κ2) is 4.95. The summed E-state index contributed by atoms with van der Waals surface area (Å²) in [5.41, 5.74) is 0.0785. The van der Waals surface area contributed by atoms with Gasteiger partial charge in [-0.15, -0.1) is 5.10 Å². The summed E-state index contributed by atoms with van der Waals surface area (Å²) in [6.07, 6.45) is 2.51. The van der Waals surface area contributed by atoms with Gasteiger partial charge in [0, 0.05) is 6.20 Å². The summed E-state index contributed by atoms with van der Waals surface area (Å²) in [6, 6.07) is 5.52. The Morgan fingerprint density at radius 1 is 1.44 bits per heavy atom. The molecule has 1 amide bonds. The van der Waals surface area contributed by atoms with E-state index in [2.05, 4.69) is 15.2 Å². The predicted octanol–water partition coefficient (Wildman–Crippen LogP) is 1.24. The molecule has 0 radical (unpaired) electrons. The van der Waals surface area contributed by atoms with Gasteiger partial charge in [-0.2, -0.15) is 5.10 Å². The number of furan rings is 1. The lowest BCUT2D eigenvalue weighted by atomic mass is 10.4. The molecule has 0 saturated heterocycles. The Labute approximate surface area is 100 Å². The van der Waals surface area contributed by atoms with Crippen LogP contribution in [0.25, 0.3) is 0 Å². The van der Waals surface area contributed by atoms with Crippen LogP contribution in [0, 0.1) is 10.1 Å². The third kappa shape index (κ3) is 2.61. The number of carbonyl (C=O) groups excluding carboxylic acids is 1. The minimum atomic E-state index is -0.679. The maximum atomic E-state index is 11.5. The molecule has 0 unspecified atom stereocenters. The van der Waals surface area contributed by atoms with Crippen LogP contribution < -0.4 is 0 Å².